The highest BCUT2D eigenvalue weighted by atomic mass is 19.4. The average Bonchev–Trinajstić information content (AvgIpc) is 2.78. The summed E-state index contributed by atoms with van der Waals surface area (Å²) in [5.41, 5.74) is 6.94. The van der Waals surface area contributed by atoms with Crippen LogP contribution < -0.4 is 15.4 Å². The van der Waals surface area contributed by atoms with Gasteiger partial charge in [-0.3, -0.25) is 4.79 Å². The minimum atomic E-state index is -4.44. The van der Waals surface area contributed by atoms with Gasteiger partial charge in [-0.25, -0.2) is 0 Å². The summed E-state index contributed by atoms with van der Waals surface area (Å²) in [6, 6.07) is 9.31. The van der Waals surface area contributed by atoms with Gasteiger partial charge in [0.15, 0.2) is 0 Å². The predicted molar refractivity (Wildman–Crippen MR) is 115 cm³/mol. The molecule has 3 rings (SSSR count). The Morgan fingerprint density at radius 1 is 1.09 bits per heavy atom. The van der Waals surface area contributed by atoms with Crippen molar-refractivity contribution in [2.24, 2.45) is 5.73 Å². The van der Waals surface area contributed by atoms with Gasteiger partial charge in [-0.15, -0.1) is 0 Å². The Morgan fingerprint density at radius 2 is 1.82 bits per heavy atom. The second kappa shape index (κ2) is 10.6. The molecule has 1 atom stereocenters. The number of alkyl halides is 5. The summed E-state index contributed by atoms with van der Waals surface area (Å²) in [6.45, 7) is -2.95. The Bertz CT molecular complexity index is 1020. The van der Waals surface area contributed by atoms with Crippen LogP contribution >= 0.6 is 0 Å². The van der Waals surface area contributed by atoms with E-state index in [1.54, 1.807) is 12.1 Å². The van der Waals surface area contributed by atoms with Crippen LogP contribution in [0.5, 0.6) is 5.75 Å². The van der Waals surface area contributed by atoms with E-state index in [0.717, 1.165) is 25.0 Å². The first kappa shape index (κ1) is 24.4. The molecule has 1 aliphatic carbocycles. The molecule has 0 spiro atoms. The van der Waals surface area contributed by atoms with Crippen LogP contribution in [-0.4, -0.2) is 25.1 Å². The van der Waals surface area contributed by atoms with Crippen LogP contribution in [0.15, 0.2) is 72.3 Å². The summed E-state index contributed by atoms with van der Waals surface area (Å²) < 4.78 is 68.2. The lowest BCUT2D eigenvalue weighted by atomic mass is 9.99. The van der Waals surface area contributed by atoms with Gasteiger partial charge in [0.1, 0.15) is 11.8 Å². The molecule has 9 heteroatoms. The van der Waals surface area contributed by atoms with Crippen molar-refractivity contribution in [3.63, 3.8) is 0 Å². The van der Waals surface area contributed by atoms with E-state index in [2.05, 4.69) is 4.74 Å². The number of halogens is 5. The first-order chi connectivity index (χ1) is 15.6. The Kier molecular flexibility index (Phi) is 7.86. The van der Waals surface area contributed by atoms with E-state index in [4.69, 9.17) is 5.73 Å². The zero-order valence-electron chi connectivity index (χ0n) is 17.6. The van der Waals surface area contributed by atoms with E-state index >= 15 is 0 Å². The molecule has 1 amide bonds. The van der Waals surface area contributed by atoms with Gasteiger partial charge in [0, 0.05) is 18.3 Å². The van der Waals surface area contributed by atoms with Crippen LogP contribution in [0.4, 0.5) is 27.6 Å². The first-order valence-corrected chi connectivity index (χ1v) is 10.3. The number of nitrogens with zero attached hydrogens (tertiary/aromatic N) is 1. The van der Waals surface area contributed by atoms with E-state index in [9.17, 15) is 26.7 Å². The van der Waals surface area contributed by atoms with Crippen LogP contribution in [0.3, 0.4) is 0 Å². The summed E-state index contributed by atoms with van der Waals surface area (Å²) >= 11 is 0. The van der Waals surface area contributed by atoms with Gasteiger partial charge in [-0.2, -0.15) is 22.0 Å². The summed E-state index contributed by atoms with van der Waals surface area (Å²) in [5.74, 6) is -0.589. The highest BCUT2D eigenvalue weighted by Crippen LogP contribution is 2.29. The SMILES string of the molecule is NC(C(=O)N(CCc1ccc(C(F)(F)F)cc1)c1cccc(OC(F)F)c1)C1=CCCC=C1. The van der Waals surface area contributed by atoms with Crippen molar-refractivity contribution in [3.8, 4) is 5.75 Å². The number of allylic oxidation sites excluding steroid dienone is 2. The average molecular weight is 466 g/mol. The fourth-order valence-electron chi connectivity index (χ4n) is 3.47. The Balaban J connectivity index is 1.84. The van der Waals surface area contributed by atoms with Gasteiger partial charge in [-0.05, 0) is 54.7 Å². The van der Waals surface area contributed by atoms with Crippen LogP contribution in [-0.2, 0) is 17.4 Å². The third-order valence-electron chi connectivity index (χ3n) is 5.17. The molecule has 176 valence electrons. The summed E-state index contributed by atoms with van der Waals surface area (Å²) in [5, 5.41) is 0. The van der Waals surface area contributed by atoms with Gasteiger partial charge in [0.2, 0.25) is 5.91 Å². The smallest absolute Gasteiger partial charge is 0.416 e. The molecule has 2 aromatic rings. The number of amides is 1. The number of benzene rings is 2. The highest BCUT2D eigenvalue weighted by Gasteiger charge is 2.30. The monoisotopic (exact) mass is 466 g/mol. The molecule has 1 unspecified atom stereocenters. The number of carbonyl (C=O) groups excluding carboxylic acids is 1. The molecule has 2 aromatic carbocycles. The number of rotatable bonds is 8. The predicted octanol–water partition coefficient (Wildman–Crippen LogP) is 5.49. The van der Waals surface area contributed by atoms with Gasteiger partial charge in [0.05, 0.1) is 5.56 Å². The molecule has 0 heterocycles. The van der Waals surface area contributed by atoms with Gasteiger partial charge in [-0.1, -0.05) is 36.4 Å². The molecule has 33 heavy (non-hydrogen) atoms. The minimum absolute atomic E-state index is 0.0764. The fraction of sp³-hybridized carbons (Fsp3) is 0.292. The summed E-state index contributed by atoms with van der Waals surface area (Å²) in [4.78, 5) is 14.6. The van der Waals surface area contributed by atoms with E-state index in [1.165, 1.54) is 35.2 Å². The van der Waals surface area contributed by atoms with Crippen LogP contribution in [0.25, 0.3) is 0 Å². The molecule has 2 N–H and O–H groups in total. The zero-order chi connectivity index (χ0) is 24.0. The van der Waals surface area contributed by atoms with Gasteiger partial charge in [0.25, 0.3) is 0 Å². The molecule has 1 aliphatic rings. The Labute approximate surface area is 188 Å². The lowest BCUT2D eigenvalue weighted by molar-refractivity contribution is -0.137. The largest absolute Gasteiger partial charge is 0.435 e. The third kappa shape index (κ3) is 6.64. The molecule has 0 aliphatic heterocycles. The molecule has 0 saturated heterocycles. The van der Waals surface area contributed by atoms with Crippen molar-refractivity contribution < 1.29 is 31.5 Å². The Morgan fingerprint density at radius 3 is 2.42 bits per heavy atom. The number of hydrogen-bond acceptors (Lipinski definition) is 3. The van der Waals surface area contributed by atoms with Crippen molar-refractivity contribution in [1.29, 1.82) is 0 Å². The van der Waals surface area contributed by atoms with Crippen molar-refractivity contribution in [2.45, 2.75) is 38.1 Å². The molecular formula is C24H23F5N2O2. The zero-order valence-corrected chi connectivity index (χ0v) is 17.6. The van der Waals surface area contributed by atoms with Crippen molar-refractivity contribution in [3.05, 3.63) is 83.5 Å². The lowest BCUT2D eigenvalue weighted by Crippen LogP contribution is -2.45. The van der Waals surface area contributed by atoms with E-state index in [0.29, 0.717) is 16.8 Å². The summed E-state index contributed by atoms with van der Waals surface area (Å²) in [6.07, 6.45) is 2.92. The molecular weight excluding hydrogens is 443 g/mol. The standard InChI is InChI=1S/C24H23F5N2O2/c25-23(26)33-20-8-4-7-19(15-20)31(22(32)21(30)17-5-2-1-3-6-17)14-13-16-9-11-18(12-10-16)24(27,28)29/h2,4-12,15,21,23H,1,3,13-14,30H2. The van der Waals surface area contributed by atoms with E-state index in [1.807, 2.05) is 12.2 Å². The lowest BCUT2D eigenvalue weighted by Gasteiger charge is -2.27. The number of hydrogen-bond donors (Lipinski definition) is 1. The molecule has 0 fully saturated rings. The second-order valence-corrected chi connectivity index (χ2v) is 7.47. The van der Waals surface area contributed by atoms with Crippen molar-refractivity contribution in [1.82, 2.24) is 0 Å². The number of anilines is 1. The van der Waals surface area contributed by atoms with Crippen molar-refractivity contribution in [2.75, 3.05) is 11.4 Å². The maximum Gasteiger partial charge on any atom is 0.416 e. The van der Waals surface area contributed by atoms with Crippen LogP contribution in [0, 0.1) is 0 Å². The molecule has 4 nitrogen and oxygen atoms in total. The minimum Gasteiger partial charge on any atom is -0.435 e. The third-order valence-corrected chi connectivity index (χ3v) is 5.17. The van der Waals surface area contributed by atoms with Gasteiger partial charge < -0.3 is 15.4 Å². The van der Waals surface area contributed by atoms with Gasteiger partial charge >= 0.3 is 12.8 Å². The molecule has 0 radical (unpaired) electrons. The number of ether oxygens (including phenoxy) is 1. The van der Waals surface area contributed by atoms with E-state index in [-0.39, 0.29) is 18.7 Å². The number of carbonyl (C=O) groups is 1. The molecule has 0 aromatic heterocycles. The normalized spacial score (nSPS) is 14.7. The Hall–Kier alpha value is -3.20. The van der Waals surface area contributed by atoms with Crippen LogP contribution in [0.2, 0.25) is 0 Å². The van der Waals surface area contributed by atoms with Crippen LogP contribution in [0.1, 0.15) is 24.0 Å². The molecule has 0 saturated carbocycles. The molecule has 0 bridgehead atoms. The number of nitrogens with two attached hydrogens (primary N) is 1. The summed E-state index contributed by atoms with van der Waals surface area (Å²) in [7, 11) is 0. The first-order valence-electron chi connectivity index (χ1n) is 10.3. The highest BCUT2D eigenvalue weighted by molar-refractivity contribution is 5.99. The van der Waals surface area contributed by atoms with Crippen molar-refractivity contribution >= 4 is 11.6 Å². The fourth-order valence-corrected chi connectivity index (χ4v) is 3.47. The second-order valence-electron chi connectivity index (χ2n) is 7.47. The topological polar surface area (TPSA) is 55.6 Å². The maximum absolute atomic E-state index is 13.3. The van der Waals surface area contributed by atoms with E-state index < -0.39 is 30.3 Å². The quantitative estimate of drug-likeness (QED) is 0.524. The maximum atomic E-state index is 13.3.